The van der Waals surface area contributed by atoms with Gasteiger partial charge in [0, 0.05) is 11.2 Å². The molecule has 0 aliphatic rings. The summed E-state index contributed by atoms with van der Waals surface area (Å²) in [5.74, 6) is 1.65. The molecule has 1 aromatic rings. The fraction of sp³-hybridized carbons (Fsp3) is 0.571. The zero-order valence-electron chi connectivity index (χ0n) is 10.4. The Kier molecular flexibility index (Phi) is 5.89. The van der Waals surface area contributed by atoms with Crippen LogP contribution in [-0.2, 0) is 0 Å². The second kappa shape index (κ2) is 6.95. The lowest BCUT2D eigenvalue weighted by Crippen LogP contribution is -2.13. The third-order valence-corrected chi connectivity index (χ3v) is 3.65. The molecule has 1 aromatic carbocycles. The Labute approximate surface area is 107 Å². The molecule has 0 saturated carbocycles. The van der Waals surface area contributed by atoms with Crippen molar-refractivity contribution in [2.45, 2.75) is 33.6 Å². The fourth-order valence-corrected chi connectivity index (χ4v) is 2.19. The predicted octanol–water partition coefficient (Wildman–Crippen LogP) is 4.49. The first-order valence-corrected chi connectivity index (χ1v) is 7.05. The quantitative estimate of drug-likeness (QED) is 0.699. The van der Waals surface area contributed by atoms with E-state index in [2.05, 4.69) is 54.9 Å². The lowest BCUT2D eigenvalue weighted by atomic mass is 10.1. The lowest BCUT2D eigenvalue weighted by Gasteiger charge is -2.16. The van der Waals surface area contributed by atoms with Crippen LogP contribution in [0, 0.1) is 19.8 Å². The standard InChI is InChI=1S/C14H21BrO/c1-4-5-13(9-15)10-16-14-8-11(2)6-7-12(14)3/h6-8,13H,4-5,9-10H2,1-3H3. The van der Waals surface area contributed by atoms with Crippen molar-refractivity contribution in [3.05, 3.63) is 29.3 Å². The Hall–Kier alpha value is -0.500. The third kappa shape index (κ3) is 4.17. The average molecular weight is 285 g/mol. The Balaban J connectivity index is 2.55. The summed E-state index contributed by atoms with van der Waals surface area (Å²) < 4.78 is 5.89. The van der Waals surface area contributed by atoms with Gasteiger partial charge in [0.15, 0.2) is 0 Å². The van der Waals surface area contributed by atoms with E-state index in [9.17, 15) is 0 Å². The third-order valence-electron chi connectivity index (χ3n) is 2.73. The van der Waals surface area contributed by atoms with Crippen LogP contribution in [0.2, 0.25) is 0 Å². The van der Waals surface area contributed by atoms with Crippen LogP contribution in [0.4, 0.5) is 0 Å². The second-order valence-corrected chi connectivity index (χ2v) is 5.04. The van der Waals surface area contributed by atoms with Gasteiger partial charge in [0.25, 0.3) is 0 Å². The molecule has 16 heavy (non-hydrogen) atoms. The number of benzene rings is 1. The van der Waals surface area contributed by atoms with Crippen molar-refractivity contribution in [3.63, 3.8) is 0 Å². The highest BCUT2D eigenvalue weighted by Crippen LogP contribution is 2.21. The summed E-state index contributed by atoms with van der Waals surface area (Å²) in [6, 6.07) is 6.36. The molecule has 0 spiro atoms. The molecular weight excluding hydrogens is 264 g/mol. The van der Waals surface area contributed by atoms with Crippen molar-refractivity contribution in [1.82, 2.24) is 0 Å². The highest BCUT2D eigenvalue weighted by Gasteiger charge is 2.08. The maximum atomic E-state index is 5.89. The van der Waals surface area contributed by atoms with Crippen molar-refractivity contribution in [1.29, 1.82) is 0 Å². The van der Waals surface area contributed by atoms with Crippen molar-refractivity contribution >= 4 is 15.9 Å². The smallest absolute Gasteiger partial charge is 0.122 e. The van der Waals surface area contributed by atoms with Crippen LogP contribution in [0.3, 0.4) is 0 Å². The van der Waals surface area contributed by atoms with Crippen LogP contribution < -0.4 is 4.74 Å². The van der Waals surface area contributed by atoms with Crippen molar-refractivity contribution in [2.75, 3.05) is 11.9 Å². The molecule has 90 valence electrons. The second-order valence-electron chi connectivity index (χ2n) is 4.39. The van der Waals surface area contributed by atoms with Gasteiger partial charge in [-0.2, -0.15) is 0 Å². The summed E-state index contributed by atoms with van der Waals surface area (Å²) in [5, 5.41) is 1.02. The number of rotatable bonds is 6. The summed E-state index contributed by atoms with van der Waals surface area (Å²) in [7, 11) is 0. The van der Waals surface area contributed by atoms with Gasteiger partial charge in [-0.1, -0.05) is 41.4 Å². The largest absolute Gasteiger partial charge is 0.493 e. The average Bonchev–Trinajstić information content (AvgIpc) is 2.28. The summed E-state index contributed by atoms with van der Waals surface area (Å²) in [5.41, 5.74) is 2.47. The van der Waals surface area contributed by atoms with Crippen LogP contribution in [0.1, 0.15) is 30.9 Å². The Morgan fingerprint density at radius 1 is 1.31 bits per heavy atom. The van der Waals surface area contributed by atoms with Crippen molar-refractivity contribution < 1.29 is 4.74 Å². The molecule has 0 heterocycles. The molecule has 1 unspecified atom stereocenters. The van der Waals surface area contributed by atoms with Gasteiger partial charge < -0.3 is 4.74 Å². The molecule has 0 fully saturated rings. The molecule has 2 heteroatoms. The minimum atomic E-state index is 0.616. The van der Waals surface area contributed by atoms with E-state index in [0.717, 1.165) is 17.7 Å². The zero-order chi connectivity index (χ0) is 12.0. The fourth-order valence-electron chi connectivity index (χ4n) is 1.68. The summed E-state index contributed by atoms with van der Waals surface area (Å²) in [6.45, 7) is 7.22. The SMILES string of the molecule is CCCC(CBr)COc1cc(C)ccc1C. The molecule has 0 bridgehead atoms. The Bertz CT molecular complexity index is 323. The van der Waals surface area contributed by atoms with E-state index in [4.69, 9.17) is 4.74 Å². The van der Waals surface area contributed by atoms with Crippen molar-refractivity contribution in [2.24, 2.45) is 5.92 Å². The Morgan fingerprint density at radius 3 is 2.69 bits per heavy atom. The van der Waals surface area contributed by atoms with Crippen LogP contribution in [-0.4, -0.2) is 11.9 Å². The topological polar surface area (TPSA) is 9.23 Å². The number of halogens is 1. The number of alkyl halides is 1. The first-order chi connectivity index (χ1) is 7.67. The molecule has 0 N–H and O–H groups in total. The molecule has 1 atom stereocenters. The van der Waals surface area contributed by atoms with Crippen LogP contribution >= 0.6 is 15.9 Å². The van der Waals surface area contributed by atoms with E-state index in [1.54, 1.807) is 0 Å². The molecule has 0 aromatic heterocycles. The molecule has 0 radical (unpaired) electrons. The van der Waals surface area contributed by atoms with Gasteiger partial charge in [0.2, 0.25) is 0 Å². The highest BCUT2D eigenvalue weighted by atomic mass is 79.9. The number of aryl methyl sites for hydroxylation is 2. The van der Waals surface area contributed by atoms with Crippen LogP contribution in [0.5, 0.6) is 5.75 Å². The maximum absolute atomic E-state index is 5.89. The summed E-state index contributed by atoms with van der Waals surface area (Å²) in [6.07, 6.45) is 2.43. The molecule has 0 amide bonds. The lowest BCUT2D eigenvalue weighted by molar-refractivity contribution is 0.253. The van der Waals surface area contributed by atoms with Crippen LogP contribution in [0.15, 0.2) is 18.2 Å². The van der Waals surface area contributed by atoms with Gasteiger partial charge in [0.05, 0.1) is 6.61 Å². The normalized spacial score (nSPS) is 12.5. The molecule has 1 nitrogen and oxygen atoms in total. The Morgan fingerprint density at radius 2 is 2.06 bits per heavy atom. The first kappa shape index (κ1) is 13.6. The van der Waals surface area contributed by atoms with Gasteiger partial charge in [0.1, 0.15) is 5.75 Å². The van der Waals surface area contributed by atoms with Crippen molar-refractivity contribution in [3.8, 4) is 5.75 Å². The molecular formula is C14H21BrO. The van der Waals surface area contributed by atoms with Gasteiger partial charge in [-0.25, -0.2) is 0 Å². The van der Waals surface area contributed by atoms with E-state index in [-0.39, 0.29) is 0 Å². The number of hydrogen-bond acceptors (Lipinski definition) is 1. The molecule has 0 aliphatic heterocycles. The first-order valence-electron chi connectivity index (χ1n) is 5.93. The van der Waals surface area contributed by atoms with E-state index in [0.29, 0.717) is 5.92 Å². The van der Waals surface area contributed by atoms with Gasteiger partial charge in [-0.05, 0) is 37.5 Å². The highest BCUT2D eigenvalue weighted by molar-refractivity contribution is 9.09. The van der Waals surface area contributed by atoms with Gasteiger partial charge in [-0.15, -0.1) is 0 Å². The summed E-state index contributed by atoms with van der Waals surface area (Å²) in [4.78, 5) is 0. The molecule has 1 rings (SSSR count). The van der Waals surface area contributed by atoms with Crippen LogP contribution in [0.25, 0.3) is 0 Å². The monoisotopic (exact) mass is 284 g/mol. The van der Waals surface area contributed by atoms with E-state index in [1.165, 1.54) is 24.0 Å². The number of ether oxygens (including phenoxy) is 1. The van der Waals surface area contributed by atoms with E-state index < -0.39 is 0 Å². The minimum Gasteiger partial charge on any atom is -0.493 e. The maximum Gasteiger partial charge on any atom is 0.122 e. The zero-order valence-corrected chi connectivity index (χ0v) is 12.0. The van der Waals surface area contributed by atoms with E-state index in [1.807, 2.05) is 0 Å². The summed E-state index contributed by atoms with van der Waals surface area (Å²) >= 11 is 3.54. The number of hydrogen-bond donors (Lipinski definition) is 0. The van der Waals surface area contributed by atoms with Gasteiger partial charge >= 0.3 is 0 Å². The minimum absolute atomic E-state index is 0.616. The molecule has 0 aliphatic carbocycles. The van der Waals surface area contributed by atoms with Gasteiger partial charge in [-0.3, -0.25) is 0 Å². The van der Waals surface area contributed by atoms with E-state index >= 15 is 0 Å². The predicted molar refractivity (Wildman–Crippen MR) is 73.6 cm³/mol. The molecule has 0 saturated heterocycles.